The summed E-state index contributed by atoms with van der Waals surface area (Å²) in [6.45, 7) is 10.2. The number of hydrogen-bond donors (Lipinski definition) is 2. The van der Waals surface area contributed by atoms with Crippen molar-refractivity contribution in [2.45, 2.75) is 95.2 Å². The van der Waals surface area contributed by atoms with Crippen molar-refractivity contribution >= 4 is 23.8 Å². The van der Waals surface area contributed by atoms with E-state index in [-0.39, 0.29) is 17.9 Å². The number of alkyl halides is 3. The van der Waals surface area contributed by atoms with Crippen LogP contribution in [0.1, 0.15) is 77.3 Å². The molecule has 10 heteroatoms. The van der Waals surface area contributed by atoms with Crippen molar-refractivity contribution in [2.75, 3.05) is 11.5 Å². The standard InChI is InChI=1S/C32H42F3NO5S/c1-29(2,3)40-27(37)23(36-28(38)41-30(4,5)6)17-19-42-20-18-31(39,32(33,34)35)26-24(21-13-9-7-10-14-21)25(26)22-15-11-8-12-16-22/h7-16,23-26,39H,17-20H2,1-6H3,(H,36,38)/t23-,24-,25+,26?,31?/m0/s1. The maximum Gasteiger partial charge on any atom is 0.417 e. The van der Waals surface area contributed by atoms with E-state index in [2.05, 4.69) is 5.32 Å². The average molecular weight is 610 g/mol. The summed E-state index contributed by atoms with van der Waals surface area (Å²) in [5.74, 6) is -2.38. The van der Waals surface area contributed by atoms with E-state index >= 15 is 0 Å². The number of amides is 1. The van der Waals surface area contributed by atoms with E-state index in [1.807, 2.05) is 12.1 Å². The molecule has 3 rings (SSSR count). The second-order valence-electron chi connectivity index (χ2n) is 12.7. The fourth-order valence-electron chi connectivity index (χ4n) is 5.19. The third kappa shape index (κ3) is 9.14. The monoisotopic (exact) mass is 609 g/mol. The Morgan fingerprint density at radius 2 is 1.31 bits per heavy atom. The van der Waals surface area contributed by atoms with Crippen LogP contribution in [0.15, 0.2) is 60.7 Å². The van der Waals surface area contributed by atoms with Gasteiger partial charge in [0.15, 0.2) is 5.60 Å². The molecule has 0 spiro atoms. The lowest BCUT2D eigenvalue weighted by atomic mass is 9.89. The van der Waals surface area contributed by atoms with Crippen LogP contribution in [-0.4, -0.2) is 57.7 Å². The van der Waals surface area contributed by atoms with Gasteiger partial charge in [-0.05, 0) is 88.9 Å². The first-order valence-corrected chi connectivity index (χ1v) is 15.3. The van der Waals surface area contributed by atoms with Gasteiger partial charge in [-0.15, -0.1) is 0 Å². The quantitative estimate of drug-likeness (QED) is 0.207. The summed E-state index contributed by atoms with van der Waals surface area (Å²) in [5, 5.41) is 13.8. The third-order valence-corrected chi connectivity index (χ3v) is 8.01. The van der Waals surface area contributed by atoms with Crippen LogP contribution in [0.3, 0.4) is 0 Å². The molecule has 0 saturated heterocycles. The van der Waals surface area contributed by atoms with Crippen molar-refractivity contribution in [1.82, 2.24) is 5.32 Å². The lowest BCUT2D eigenvalue weighted by Crippen LogP contribution is -2.48. The van der Waals surface area contributed by atoms with Crippen molar-refractivity contribution in [3.8, 4) is 0 Å². The van der Waals surface area contributed by atoms with E-state index in [1.165, 1.54) is 11.8 Å². The molecule has 0 aromatic heterocycles. The molecule has 6 nitrogen and oxygen atoms in total. The maximum absolute atomic E-state index is 14.6. The molecule has 1 fully saturated rings. The van der Waals surface area contributed by atoms with Crippen LogP contribution in [0.5, 0.6) is 0 Å². The van der Waals surface area contributed by atoms with Gasteiger partial charge in [0.25, 0.3) is 0 Å². The number of thioether (sulfide) groups is 1. The maximum atomic E-state index is 14.6. The van der Waals surface area contributed by atoms with Crippen LogP contribution in [0, 0.1) is 5.92 Å². The Bertz CT molecular complexity index is 1140. The van der Waals surface area contributed by atoms with Crippen molar-refractivity contribution in [2.24, 2.45) is 5.92 Å². The first kappa shape index (κ1) is 33.8. The van der Waals surface area contributed by atoms with Gasteiger partial charge in [-0.2, -0.15) is 24.9 Å². The topological polar surface area (TPSA) is 84.9 Å². The Kier molecular flexibility index (Phi) is 10.7. The van der Waals surface area contributed by atoms with Gasteiger partial charge in [0.2, 0.25) is 0 Å². The highest BCUT2D eigenvalue weighted by atomic mass is 32.2. The molecule has 2 unspecified atom stereocenters. The number of nitrogens with one attached hydrogen (secondary N) is 1. The molecule has 1 amide bonds. The fourth-order valence-corrected chi connectivity index (χ4v) is 6.25. The van der Waals surface area contributed by atoms with Crippen LogP contribution in [0.25, 0.3) is 0 Å². The van der Waals surface area contributed by atoms with Gasteiger partial charge in [0.05, 0.1) is 0 Å². The summed E-state index contributed by atoms with van der Waals surface area (Å²) in [5.41, 5.74) is -2.95. The highest BCUT2D eigenvalue weighted by Crippen LogP contribution is 2.68. The molecule has 2 aromatic rings. The van der Waals surface area contributed by atoms with Crippen LogP contribution in [0.4, 0.5) is 18.0 Å². The molecule has 0 heterocycles. The van der Waals surface area contributed by atoms with Gasteiger partial charge in [-0.3, -0.25) is 0 Å². The summed E-state index contributed by atoms with van der Waals surface area (Å²) in [6.07, 6.45) is -6.02. The van der Waals surface area contributed by atoms with Crippen LogP contribution in [-0.2, 0) is 14.3 Å². The highest BCUT2D eigenvalue weighted by Gasteiger charge is 2.70. The number of aliphatic hydroxyl groups is 1. The normalized spacial score (nSPS) is 21.1. The molecule has 232 valence electrons. The second-order valence-corrected chi connectivity index (χ2v) is 13.9. The van der Waals surface area contributed by atoms with E-state index in [0.717, 1.165) is 11.1 Å². The van der Waals surface area contributed by atoms with E-state index in [9.17, 15) is 27.9 Å². The number of hydrogen-bond acceptors (Lipinski definition) is 6. The average Bonchev–Trinajstić information content (AvgIpc) is 3.62. The number of halogens is 3. The van der Waals surface area contributed by atoms with Gasteiger partial charge in [-0.25, -0.2) is 9.59 Å². The summed E-state index contributed by atoms with van der Waals surface area (Å²) in [4.78, 5) is 25.1. The number of alkyl carbamates (subject to hydrolysis) is 1. The lowest BCUT2D eigenvalue weighted by molar-refractivity contribution is -0.270. The minimum Gasteiger partial charge on any atom is -0.458 e. The van der Waals surface area contributed by atoms with Gasteiger partial charge < -0.3 is 19.9 Å². The Labute approximate surface area is 250 Å². The fraction of sp³-hybridized carbons (Fsp3) is 0.562. The summed E-state index contributed by atoms with van der Waals surface area (Å²) >= 11 is 1.18. The zero-order chi connectivity index (χ0) is 31.3. The molecule has 1 aliphatic rings. The summed E-state index contributed by atoms with van der Waals surface area (Å²) in [6, 6.07) is 17.0. The molecule has 1 saturated carbocycles. The van der Waals surface area contributed by atoms with Gasteiger partial charge in [-0.1, -0.05) is 60.7 Å². The molecule has 0 radical (unpaired) electrons. The van der Waals surface area contributed by atoms with Crippen molar-refractivity contribution < 1.29 is 37.3 Å². The van der Waals surface area contributed by atoms with Crippen LogP contribution in [0.2, 0.25) is 0 Å². The number of carbonyl (C=O) groups excluding carboxylic acids is 2. The molecule has 42 heavy (non-hydrogen) atoms. The molecule has 0 bridgehead atoms. The smallest absolute Gasteiger partial charge is 0.417 e. The minimum absolute atomic E-state index is 0.00298. The largest absolute Gasteiger partial charge is 0.458 e. The van der Waals surface area contributed by atoms with Crippen molar-refractivity contribution in [3.05, 3.63) is 71.8 Å². The SMILES string of the molecule is CC(C)(C)OC(=O)N[C@@H](CCSCCC(O)(C1[C@@H](c2ccccc2)[C@H]1c1ccccc1)C(F)(F)F)C(=O)OC(C)(C)C. The number of esters is 1. The molecule has 5 atom stereocenters. The van der Waals surface area contributed by atoms with E-state index in [1.54, 1.807) is 90.1 Å². The van der Waals surface area contributed by atoms with E-state index in [0.29, 0.717) is 0 Å². The highest BCUT2D eigenvalue weighted by molar-refractivity contribution is 7.99. The third-order valence-electron chi connectivity index (χ3n) is 6.99. The van der Waals surface area contributed by atoms with Crippen molar-refractivity contribution in [3.63, 3.8) is 0 Å². The Balaban J connectivity index is 1.70. The number of benzene rings is 2. The predicted molar refractivity (Wildman–Crippen MR) is 158 cm³/mol. The van der Waals surface area contributed by atoms with Crippen molar-refractivity contribution in [1.29, 1.82) is 0 Å². The molecule has 0 aliphatic heterocycles. The first-order valence-electron chi connectivity index (χ1n) is 14.1. The zero-order valence-electron chi connectivity index (χ0n) is 25.0. The molecular formula is C32H42F3NO5S. The molecular weight excluding hydrogens is 567 g/mol. The summed E-state index contributed by atoms with van der Waals surface area (Å²) < 4.78 is 54.4. The molecule has 2 aromatic carbocycles. The zero-order valence-corrected chi connectivity index (χ0v) is 25.9. The Morgan fingerprint density at radius 3 is 1.74 bits per heavy atom. The van der Waals surface area contributed by atoms with E-state index < -0.39 is 65.3 Å². The number of carbonyl (C=O) groups is 2. The summed E-state index contributed by atoms with van der Waals surface area (Å²) in [7, 11) is 0. The molecule has 1 aliphatic carbocycles. The number of rotatable bonds is 11. The van der Waals surface area contributed by atoms with Gasteiger partial charge in [0, 0.05) is 5.92 Å². The minimum atomic E-state index is -4.84. The first-order chi connectivity index (χ1) is 19.4. The Hall–Kier alpha value is -2.72. The van der Waals surface area contributed by atoms with Gasteiger partial charge >= 0.3 is 18.2 Å². The van der Waals surface area contributed by atoms with Crippen LogP contribution < -0.4 is 5.32 Å². The van der Waals surface area contributed by atoms with Crippen LogP contribution >= 0.6 is 11.8 Å². The Morgan fingerprint density at radius 1 is 0.833 bits per heavy atom. The van der Waals surface area contributed by atoms with E-state index in [4.69, 9.17) is 9.47 Å². The second kappa shape index (κ2) is 13.3. The number of ether oxygens (including phenoxy) is 2. The predicted octanol–water partition coefficient (Wildman–Crippen LogP) is 7.23. The van der Waals surface area contributed by atoms with Gasteiger partial charge in [0.1, 0.15) is 17.2 Å². The lowest BCUT2D eigenvalue weighted by Gasteiger charge is -2.32. The molecule has 2 N–H and O–H groups in total.